The van der Waals surface area contributed by atoms with Crippen LogP contribution in [-0.2, 0) is 17.4 Å². The van der Waals surface area contributed by atoms with Gasteiger partial charge in [-0.1, -0.05) is 28.1 Å². The highest BCUT2D eigenvalue weighted by atomic mass is 79.9. The van der Waals surface area contributed by atoms with Crippen LogP contribution in [0.3, 0.4) is 0 Å². The van der Waals surface area contributed by atoms with Gasteiger partial charge < -0.3 is 11.1 Å². The topological polar surface area (TPSA) is 72.9 Å². The molecule has 0 spiro atoms. The van der Waals surface area contributed by atoms with Gasteiger partial charge in [0.05, 0.1) is 11.7 Å². The SMILES string of the molecule is Cc1nn(C)cc1C(C)NC(=O)C(C)(N)c1ccc(Br)cc1.Cl. The lowest BCUT2D eigenvalue weighted by atomic mass is 9.91. The molecular weight excluding hydrogens is 380 g/mol. The third-order valence-corrected chi connectivity index (χ3v) is 4.31. The Bertz CT molecular complexity index is 682. The van der Waals surface area contributed by atoms with Crippen molar-refractivity contribution in [1.82, 2.24) is 15.1 Å². The largest absolute Gasteiger partial charge is 0.348 e. The van der Waals surface area contributed by atoms with E-state index in [-0.39, 0.29) is 24.4 Å². The number of carbonyl (C=O) groups is 1. The number of benzene rings is 1. The van der Waals surface area contributed by atoms with Gasteiger partial charge in [0.2, 0.25) is 5.91 Å². The summed E-state index contributed by atoms with van der Waals surface area (Å²) in [4.78, 5) is 12.6. The molecule has 0 aliphatic heterocycles. The summed E-state index contributed by atoms with van der Waals surface area (Å²) in [5, 5.41) is 7.27. The van der Waals surface area contributed by atoms with Crippen molar-refractivity contribution >= 4 is 34.2 Å². The Balaban J connectivity index is 0.00000264. The molecule has 1 amide bonds. The Morgan fingerprint density at radius 3 is 2.43 bits per heavy atom. The first-order chi connectivity index (χ1) is 10.2. The smallest absolute Gasteiger partial charge is 0.244 e. The van der Waals surface area contributed by atoms with Crippen LogP contribution in [0.25, 0.3) is 0 Å². The molecule has 0 saturated carbocycles. The molecule has 0 aliphatic rings. The van der Waals surface area contributed by atoms with E-state index in [2.05, 4.69) is 26.3 Å². The lowest BCUT2D eigenvalue weighted by Gasteiger charge is -2.26. The zero-order chi connectivity index (χ0) is 16.5. The van der Waals surface area contributed by atoms with Crippen LogP contribution in [0.2, 0.25) is 0 Å². The van der Waals surface area contributed by atoms with Crippen LogP contribution in [0.5, 0.6) is 0 Å². The number of nitrogens with one attached hydrogen (secondary N) is 1. The highest BCUT2D eigenvalue weighted by Gasteiger charge is 2.31. The summed E-state index contributed by atoms with van der Waals surface area (Å²) >= 11 is 3.38. The number of nitrogens with two attached hydrogens (primary N) is 1. The summed E-state index contributed by atoms with van der Waals surface area (Å²) in [6.45, 7) is 5.57. The maximum atomic E-state index is 12.6. The summed E-state index contributed by atoms with van der Waals surface area (Å²) in [6.07, 6.45) is 1.91. The molecule has 0 radical (unpaired) electrons. The predicted octanol–water partition coefficient (Wildman–Crippen LogP) is 2.96. The highest BCUT2D eigenvalue weighted by Crippen LogP contribution is 2.23. The third kappa shape index (κ3) is 4.34. The van der Waals surface area contributed by atoms with E-state index in [4.69, 9.17) is 5.73 Å². The van der Waals surface area contributed by atoms with E-state index in [0.717, 1.165) is 21.3 Å². The Kier molecular flexibility index (Phi) is 6.39. The molecule has 2 aromatic rings. The van der Waals surface area contributed by atoms with Crippen LogP contribution in [-0.4, -0.2) is 15.7 Å². The number of hydrogen-bond donors (Lipinski definition) is 2. The zero-order valence-electron chi connectivity index (χ0n) is 13.6. The van der Waals surface area contributed by atoms with E-state index in [9.17, 15) is 4.79 Å². The standard InChI is InChI=1S/C16H21BrN4O.ClH/c1-10(14-9-21(4)20-11(14)2)19-15(22)16(3,18)12-5-7-13(17)8-6-12;/h5-10H,18H2,1-4H3,(H,19,22);1H. The summed E-state index contributed by atoms with van der Waals surface area (Å²) in [6, 6.07) is 7.30. The number of rotatable bonds is 4. The summed E-state index contributed by atoms with van der Waals surface area (Å²) in [5.41, 5.74) is 7.82. The second-order valence-corrected chi connectivity index (χ2v) is 6.66. The van der Waals surface area contributed by atoms with E-state index >= 15 is 0 Å². The van der Waals surface area contributed by atoms with Crippen LogP contribution < -0.4 is 11.1 Å². The lowest BCUT2D eigenvalue weighted by molar-refractivity contribution is -0.126. The molecule has 1 aromatic carbocycles. The number of nitrogens with zero attached hydrogens (tertiary/aromatic N) is 2. The van der Waals surface area contributed by atoms with E-state index in [1.807, 2.05) is 51.4 Å². The maximum absolute atomic E-state index is 12.6. The average Bonchev–Trinajstić information content (AvgIpc) is 2.78. The van der Waals surface area contributed by atoms with Crippen LogP contribution in [0.15, 0.2) is 34.9 Å². The maximum Gasteiger partial charge on any atom is 0.244 e. The van der Waals surface area contributed by atoms with Gasteiger partial charge in [0.25, 0.3) is 0 Å². The van der Waals surface area contributed by atoms with Crippen molar-refractivity contribution in [1.29, 1.82) is 0 Å². The number of carbonyl (C=O) groups excluding carboxylic acids is 1. The van der Waals surface area contributed by atoms with Crippen molar-refractivity contribution in [2.45, 2.75) is 32.4 Å². The van der Waals surface area contributed by atoms with Gasteiger partial charge in [-0.25, -0.2) is 0 Å². The van der Waals surface area contributed by atoms with Crippen molar-refractivity contribution in [3.05, 3.63) is 51.8 Å². The molecule has 2 rings (SSSR count). The van der Waals surface area contributed by atoms with Crippen molar-refractivity contribution in [2.24, 2.45) is 12.8 Å². The molecular formula is C16H22BrClN4O. The number of aryl methyl sites for hydroxylation is 2. The third-order valence-electron chi connectivity index (χ3n) is 3.78. The first-order valence-corrected chi connectivity index (χ1v) is 7.87. The molecule has 0 saturated heterocycles. The van der Waals surface area contributed by atoms with E-state index in [1.165, 1.54) is 0 Å². The summed E-state index contributed by atoms with van der Waals surface area (Å²) < 4.78 is 2.69. The first kappa shape index (κ1) is 19.7. The van der Waals surface area contributed by atoms with Gasteiger partial charge in [0.15, 0.2) is 0 Å². The van der Waals surface area contributed by atoms with E-state index in [0.29, 0.717) is 0 Å². The fraction of sp³-hybridized carbons (Fsp3) is 0.375. The van der Waals surface area contributed by atoms with E-state index < -0.39 is 5.54 Å². The van der Waals surface area contributed by atoms with Crippen molar-refractivity contribution in [2.75, 3.05) is 0 Å². The van der Waals surface area contributed by atoms with Crippen molar-refractivity contribution < 1.29 is 4.79 Å². The molecule has 23 heavy (non-hydrogen) atoms. The van der Waals surface area contributed by atoms with Gasteiger partial charge in [0, 0.05) is 23.3 Å². The van der Waals surface area contributed by atoms with Gasteiger partial charge in [-0.15, -0.1) is 12.4 Å². The Hall–Kier alpha value is -1.37. The molecule has 3 N–H and O–H groups in total. The minimum absolute atomic E-state index is 0. The lowest BCUT2D eigenvalue weighted by Crippen LogP contribution is -2.49. The van der Waals surface area contributed by atoms with Gasteiger partial charge in [0.1, 0.15) is 5.54 Å². The molecule has 0 aliphatic carbocycles. The Morgan fingerprint density at radius 2 is 1.96 bits per heavy atom. The molecule has 1 aromatic heterocycles. The van der Waals surface area contributed by atoms with Gasteiger partial charge in [-0.05, 0) is 38.5 Å². The normalized spacial score (nSPS) is 14.5. The molecule has 7 heteroatoms. The second-order valence-electron chi connectivity index (χ2n) is 5.75. The molecule has 5 nitrogen and oxygen atoms in total. The van der Waals surface area contributed by atoms with Crippen LogP contribution in [0, 0.1) is 6.92 Å². The molecule has 2 unspecified atom stereocenters. The first-order valence-electron chi connectivity index (χ1n) is 7.08. The molecule has 1 heterocycles. The Morgan fingerprint density at radius 1 is 1.39 bits per heavy atom. The fourth-order valence-electron chi connectivity index (χ4n) is 2.39. The monoisotopic (exact) mass is 400 g/mol. The van der Waals surface area contributed by atoms with Gasteiger partial charge >= 0.3 is 0 Å². The number of hydrogen-bond acceptors (Lipinski definition) is 3. The van der Waals surface area contributed by atoms with E-state index in [1.54, 1.807) is 11.6 Å². The summed E-state index contributed by atoms with van der Waals surface area (Å²) in [5.74, 6) is -0.217. The summed E-state index contributed by atoms with van der Waals surface area (Å²) in [7, 11) is 1.86. The highest BCUT2D eigenvalue weighted by molar-refractivity contribution is 9.10. The van der Waals surface area contributed by atoms with Crippen LogP contribution in [0.4, 0.5) is 0 Å². The number of halogens is 2. The zero-order valence-corrected chi connectivity index (χ0v) is 16.0. The van der Waals surface area contributed by atoms with Crippen LogP contribution in [0.1, 0.15) is 36.7 Å². The molecule has 0 bridgehead atoms. The number of aromatic nitrogens is 2. The minimum atomic E-state index is -1.09. The molecule has 0 fully saturated rings. The Labute approximate surface area is 151 Å². The predicted molar refractivity (Wildman–Crippen MR) is 97.4 cm³/mol. The van der Waals surface area contributed by atoms with Crippen molar-refractivity contribution in [3.8, 4) is 0 Å². The van der Waals surface area contributed by atoms with Crippen LogP contribution >= 0.6 is 28.3 Å². The minimum Gasteiger partial charge on any atom is -0.348 e. The van der Waals surface area contributed by atoms with Gasteiger partial charge in [-0.2, -0.15) is 5.10 Å². The quantitative estimate of drug-likeness (QED) is 0.827. The molecule has 126 valence electrons. The van der Waals surface area contributed by atoms with Crippen molar-refractivity contribution in [3.63, 3.8) is 0 Å². The fourth-order valence-corrected chi connectivity index (χ4v) is 2.66. The second kappa shape index (κ2) is 7.47. The number of amides is 1. The average molecular weight is 402 g/mol. The van der Waals surface area contributed by atoms with Gasteiger partial charge in [-0.3, -0.25) is 9.48 Å². The molecule has 2 atom stereocenters.